The van der Waals surface area contributed by atoms with Crippen molar-refractivity contribution in [3.63, 3.8) is 0 Å². The number of hydrogen-bond donors (Lipinski definition) is 2. The molecule has 0 aliphatic heterocycles. The first-order valence-electron chi connectivity index (χ1n) is 7.70. The van der Waals surface area contributed by atoms with Crippen LogP contribution in [0.2, 0.25) is 0 Å². The lowest BCUT2D eigenvalue weighted by Crippen LogP contribution is -2.21. The third kappa shape index (κ3) is 4.33. The van der Waals surface area contributed by atoms with E-state index in [4.69, 9.17) is 4.74 Å². The number of aliphatic hydroxyl groups is 1. The Balaban J connectivity index is 1.90. The average Bonchev–Trinajstić information content (AvgIpc) is 2.56. The Morgan fingerprint density at radius 2 is 1.95 bits per heavy atom. The summed E-state index contributed by atoms with van der Waals surface area (Å²) in [6, 6.07) is 14.7. The Hall–Kier alpha value is -1.84. The molecule has 0 saturated heterocycles. The van der Waals surface area contributed by atoms with Crippen molar-refractivity contribution < 1.29 is 9.84 Å². The lowest BCUT2D eigenvalue weighted by molar-refractivity contribution is 0.281. The highest BCUT2D eigenvalue weighted by atomic mass is 16.5. The van der Waals surface area contributed by atoms with Gasteiger partial charge in [0.2, 0.25) is 0 Å². The number of methoxy groups -OCH3 is 1. The van der Waals surface area contributed by atoms with Crippen molar-refractivity contribution in [2.45, 2.75) is 32.9 Å². The molecule has 0 amide bonds. The van der Waals surface area contributed by atoms with Crippen molar-refractivity contribution >= 4 is 0 Å². The van der Waals surface area contributed by atoms with Gasteiger partial charge in [-0.05, 0) is 55.1 Å². The first-order valence-corrected chi connectivity index (χ1v) is 7.70. The molecule has 1 unspecified atom stereocenters. The summed E-state index contributed by atoms with van der Waals surface area (Å²) < 4.78 is 5.36. The van der Waals surface area contributed by atoms with E-state index in [-0.39, 0.29) is 12.6 Å². The monoisotopic (exact) mass is 299 g/mol. The summed E-state index contributed by atoms with van der Waals surface area (Å²) in [7, 11) is 1.71. The Morgan fingerprint density at radius 3 is 2.68 bits per heavy atom. The van der Waals surface area contributed by atoms with Gasteiger partial charge in [-0.3, -0.25) is 0 Å². The summed E-state index contributed by atoms with van der Waals surface area (Å²) in [4.78, 5) is 0. The summed E-state index contributed by atoms with van der Waals surface area (Å²) in [6.07, 6.45) is 0.959. The van der Waals surface area contributed by atoms with E-state index in [2.05, 4.69) is 43.4 Å². The smallest absolute Gasteiger partial charge is 0.122 e. The minimum Gasteiger partial charge on any atom is -0.496 e. The molecule has 0 fully saturated rings. The van der Waals surface area contributed by atoms with Gasteiger partial charge in [0.05, 0.1) is 13.7 Å². The van der Waals surface area contributed by atoms with Crippen LogP contribution in [-0.4, -0.2) is 18.8 Å². The van der Waals surface area contributed by atoms with Gasteiger partial charge in [-0.25, -0.2) is 0 Å². The average molecular weight is 299 g/mol. The van der Waals surface area contributed by atoms with Gasteiger partial charge in [-0.15, -0.1) is 0 Å². The maximum atomic E-state index is 9.21. The number of nitrogens with one attached hydrogen (secondary N) is 1. The van der Waals surface area contributed by atoms with Crippen LogP contribution >= 0.6 is 0 Å². The van der Waals surface area contributed by atoms with Crippen LogP contribution in [-0.2, 0) is 13.0 Å². The van der Waals surface area contributed by atoms with Gasteiger partial charge in [0.15, 0.2) is 0 Å². The number of aryl methyl sites for hydroxylation is 1. The molecule has 0 heterocycles. The molecule has 3 nitrogen and oxygen atoms in total. The number of aliphatic hydroxyl groups excluding tert-OH is 1. The van der Waals surface area contributed by atoms with Crippen molar-refractivity contribution in [3.05, 3.63) is 64.7 Å². The van der Waals surface area contributed by atoms with Gasteiger partial charge in [0, 0.05) is 6.04 Å². The van der Waals surface area contributed by atoms with Crippen LogP contribution in [0.25, 0.3) is 0 Å². The van der Waals surface area contributed by atoms with Gasteiger partial charge < -0.3 is 15.2 Å². The van der Waals surface area contributed by atoms with E-state index in [1.807, 2.05) is 18.2 Å². The van der Waals surface area contributed by atoms with Gasteiger partial charge in [0.1, 0.15) is 5.75 Å². The fourth-order valence-electron chi connectivity index (χ4n) is 2.53. The standard InChI is InChI=1S/C19H25NO2/c1-14-7-8-16(12-19(14)22-3)9-10-20-15(2)18-6-4-5-17(11-18)13-21/h4-8,11-12,15,20-21H,9-10,13H2,1-3H3. The largest absolute Gasteiger partial charge is 0.496 e. The predicted molar refractivity (Wildman–Crippen MR) is 90.2 cm³/mol. The summed E-state index contributed by atoms with van der Waals surface area (Å²) >= 11 is 0. The Morgan fingerprint density at radius 1 is 1.14 bits per heavy atom. The molecule has 2 aromatic rings. The first kappa shape index (κ1) is 16.5. The lowest BCUT2D eigenvalue weighted by atomic mass is 10.0. The molecule has 0 saturated carbocycles. The van der Waals surface area contributed by atoms with E-state index in [1.165, 1.54) is 11.1 Å². The van der Waals surface area contributed by atoms with Gasteiger partial charge in [-0.1, -0.05) is 36.4 Å². The summed E-state index contributed by atoms with van der Waals surface area (Å²) in [5.74, 6) is 0.946. The summed E-state index contributed by atoms with van der Waals surface area (Å²) in [5, 5.41) is 12.7. The third-order valence-electron chi connectivity index (χ3n) is 3.97. The van der Waals surface area contributed by atoms with Crippen molar-refractivity contribution in [3.8, 4) is 5.75 Å². The molecule has 0 aliphatic carbocycles. The lowest BCUT2D eigenvalue weighted by Gasteiger charge is -2.15. The molecule has 2 N–H and O–H groups in total. The van der Waals surface area contributed by atoms with Crippen LogP contribution in [0, 0.1) is 6.92 Å². The second-order valence-electron chi connectivity index (χ2n) is 5.63. The SMILES string of the molecule is COc1cc(CCNC(C)c2cccc(CO)c2)ccc1C. The molecular formula is C19H25NO2. The molecule has 0 radical (unpaired) electrons. The zero-order chi connectivity index (χ0) is 15.9. The van der Waals surface area contributed by atoms with E-state index < -0.39 is 0 Å². The van der Waals surface area contributed by atoms with Crippen molar-refractivity contribution in [2.75, 3.05) is 13.7 Å². The van der Waals surface area contributed by atoms with Gasteiger partial charge in [0.25, 0.3) is 0 Å². The van der Waals surface area contributed by atoms with E-state index in [0.29, 0.717) is 0 Å². The van der Waals surface area contributed by atoms with E-state index in [0.717, 1.165) is 29.8 Å². The van der Waals surface area contributed by atoms with E-state index in [1.54, 1.807) is 7.11 Å². The topological polar surface area (TPSA) is 41.5 Å². The van der Waals surface area contributed by atoms with Crippen molar-refractivity contribution in [2.24, 2.45) is 0 Å². The number of rotatable bonds is 7. The van der Waals surface area contributed by atoms with Crippen molar-refractivity contribution in [1.82, 2.24) is 5.32 Å². The number of ether oxygens (including phenoxy) is 1. The van der Waals surface area contributed by atoms with Gasteiger partial charge in [-0.2, -0.15) is 0 Å². The minimum absolute atomic E-state index is 0.0870. The van der Waals surface area contributed by atoms with Crippen LogP contribution in [0.3, 0.4) is 0 Å². The Labute approximate surface area is 133 Å². The zero-order valence-corrected chi connectivity index (χ0v) is 13.6. The highest BCUT2D eigenvalue weighted by Crippen LogP contribution is 2.19. The van der Waals surface area contributed by atoms with E-state index in [9.17, 15) is 5.11 Å². The molecule has 0 aliphatic rings. The number of hydrogen-bond acceptors (Lipinski definition) is 3. The Kier molecular flexibility index (Phi) is 5.99. The molecule has 22 heavy (non-hydrogen) atoms. The van der Waals surface area contributed by atoms with Crippen LogP contribution in [0.15, 0.2) is 42.5 Å². The predicted octanol–water partition coefficient (Wildman–Crippen LogP) is 3.39. The summed E-state index contributed by atoms with van der Waals surface area (Å²) in [5.41, 5.74) is 4.59. The molecule has 1 atom stereocenters. The quantitative estimate of drug-likeness (QED) is 0.823. The molecule has 2 aromatic carbocycles. The second-order valence-corrected chi connectivity index (χ2v) is 5.63. The fourth-order valence-corrected chi connectivity index (χ4v) is 2.53. The van der Waals surface area contributed by atoms with Crippen LogP contribution in [0.1, 0.15) is 35.2 Å². The highest BCUT2D eigenvalue weighted by Gasteiger charge is 2.06. The molecule has 118 valence electrons. The van der Waals surface area contributed by atoms with Crippen LogP contribution in [0.4, 0.5) is 0 Å². The molecule has 3 heteroatoms. The van der Waals surface area contributed by atoms with E-state index >= 15 is 0 Å². The number of benzene rings is 2. The minimum atomic E-state index is 0.0870. The first-order chi connectivity index (χ1) is 10.6. The molecule has 0 spiro atoms. The fraction of sp³-hybridized carbons (Fsp3) is 0.368. The van der Waals surface area contributed by atoms with Gasteiger partial charge >= 0.3 is 0 Å². The van der Waals surface area contributed by atoms with Crippen LogP contribution < -0.4 is 10.1 Å². The normalized spacial score (nSPS) is 12.2. The third-order valence-corrected chi connectivity index (χ3v) is 3.97. The molecule has 2 rings (SSSR count). The van der Waals surface area contributed by atoms with Crippen LogP contribution in [0.5, 0.6) is 5.75 Å². The summed E-state index contributed by atoms with van der Waals surface area (Å²) in [6.45, 7) is 5.18. The maximum Gasteiger partial charge on any atom is 0.122 e. The molecular weight excluding hydrogens is 274 g/mol. The van der Waals surface area contributed by atoms with Crippen molar-refractivity contribution in [1.29, 1.82) is 0 Å². The zero-order valence-electron chi connectivity index (χ0n) is 13.6. The molecule has 0 bridgehead atoms. The molecule has 0 aromatic heterocycles. The maximum absolute atomic E-state index is 9.21. The second kappa shape index (κ2) is 7.97. The highest BCUT2D eigenvalue weighted by molar-refractivity contribution is 5.36. The Bertz CT molecular complexity index is 610.